The lowest BCUT2D eigenvalue weighted by molar-refractivity contribution is -0.139. The molecule has 0 saturated heterocycles. The van der Waals surface area contributed by atoms with Crippen LogP contribution in [0.25, 0.3) is 0 Å². The molecule has 1 heterocycles. The van der Waals surface area contributed by atoms with Crippen LogP contribution in [0, 0.1) is 5.82 Å². The van der Waals surface area contributed by atoms with Crippen molar-refractivity contribution in [1.82, 2.24) is 15.0 Å². The van der Waals surface area contributed by atoms with E-state index in [0.29, 0.717) is 11.8 Å². The average molecular weight is 289 g/mol. The molecule has 0 radical (unpaired) electrons. The molecule has 4 nitrogen and oxygen atoms in total. The van der Waals surface area contributed by atoms with E-state index in [-0.39, 0.29) is 12.0 Å². The predicted molar refractivity (Wildman–Crippen MR) is 61.1 cm³/mol. The van der Waals surface area contributed by atoms with Crippen LogP contribution in [-0.2, 0) is 19.6 Å². The zero-order valence-electron chi connectivity index (χ0n) is 10.4. The molecule has 2 rings (SSSR count). The van der Waals surface area contributed by atoms with Gasteiger partial charge in [0.25, 0.3) is 0 Å². The molecular formula is C12H11F4N3O. The highest BCUT2D eigenvalue weighted by Crippen LogP contribution is 2.35. The van der Waals surface area contributed by atoms with Crippen molar-refractivity contribution in [3.63, 3.8) is 0 Å². The number of aliphatic hydroxyl groups excluding tert-OH is 1. The minimum atomic E-state index is -4.74. The Kier molecular flexibility index (Phi) is 3.76. The monoisotopic (exact) mass is 289 g/mol. The van der Waals surface area contributed by atoms with Crippen LogP contribution in [0.4, 0.5) is 17.6 Å². The van der Waals surface area contributed by atoms with Gasteiger partial charge in [-0.15, -0.1) is 5.10 Å². The summed E-state index contributed by atoms with van der Waals surface area (Å²) in [5, 5.41) is 17.2. The Balaban J connectivity index is 2.32. The lowest BCUT2D eigenvalue weighted by Gasteiger charge is -2.16. The maximum absolute atomic E-state index is 13.0. The Bertz CT molecular complexity index is 609. The first-order valence-corrected chi connectivity index (χ1v) is 5.67. The molecule has 2 aromatic rings. The van der Waals surface area contributed by atoms with Gasteiger partial charge in [-0.05, 0) is 17.7 Å². The summed E-state index contributed by atoms with van der Waals surface area (Å²) >= 11 is 0. The van der Waals surface area contributed by atoms with Gasteiger partial charge in [-0.3, -0.25) is 4.68 Å². The molecule has 0 fully saturated rings. The van der Waals surface area contributed by atoms with Crippen LogP contribution in [0.3, 0.4) is 0 Å². The first-order valence-electron chi connectivity index (χ1n) is 5.67. The summed E-state index contributed by atoms with van der Waals surface area (Å²) in [4.78, 5) is 0. The molecular weight excluding hydrogens is 278 g/mol. The number of alkyl halides is 3. The van der Waals surface area contributed by atoms with E-state index in [2.05, 4.69) is 10.3 Å². The Morgan fingerprint density at radius 2 is 2.05 bits per heavy atom. The third-order valence-corrected chi connectivity index (χ3v) is 2.73. The van der Waals surface area contributed by atoms with Gasteiger partial charge >= 0.3 is 6.18 Å². The molecule has 1 unspecified atom stereocenters. The van der Waals surface area contributed by atoms with E-state index in [0.717, 1.165) is 12.1 Å². The minimum absolute atomic E-state index is 0.136. The number of halogens is 4. The third kappa shape index (κ3) is 3.13. The normalized spacial score (nSPS) is 13.5. The fraction of sp³-hybridized carbons (Fsp3) is 0.333. The van der Waals surface area contributed by atoms with Crippen molar-refractivity contribution in [3.05, 3.63) is 47.0 Å². The van der Waals surface area contributed by atoms with E-state index in [1.165, 1.54) is 10.9 Å². The SMILES string of the molecule is Cn1cc(CC(O)c2ccc(F)cc2C(F)(F)F)nn1. The zero-order valence-corrected chi connectivity index (χ0v) is 10.4. The van der Waals surface area contributed by atoms with Gasteiger partial charge in [0, 0.05) is 19.7 Å². The summed E-state index contributed by atoms with van der Waals surface area (Å²) in [5.74, 6) is -1.01. The zero-order chi connectivity index (χ0) is 14.9. The molecule has 1 N–H and O–H groups in total. The number of aliphatic hydroxyl groups is 1. The van der Waals surface area contributed by atoms with E-state index in [1.807, 2.05) is 0 Å². The smallest absolute Gasteiger partial charge is 0.388 e. The average Bonchev–Trinajstić information content (AvgIpc) is 2.73. The van der Waals surface area contributed by atoms with Crippen LogP contribution in [0.15, 0.2) is 24.4 Å². The molecule has 1 atom stereocenters. The van der Waals surface area contributed by atoms with Gasteiger partial charge in [0.2, 0.25) is 0 Å². The highest BCUT2D eigenvalue weighted by molar-refractivity contribution is 5.32. The predicted octanol–water partition coefficient (Wildman–Crippen LogP) is 2.25. The van der Waals surface area contributed by atoms with Gasteiger partial charge in [-0.1, -0.05) is 11.3 Å². The largest absolute Gasteiger partial charge is 0.416 e. The summed E-state index contributed by atoms with van der Waals surface area (Å²) in [5.41, 5.74) is -1.23. The van der Waals surface area contributed by atoms with Crippen LogP contribution in [-0.4, -0.2) is 20.1 Å². The van der Waals surface area contributed by atoms with E-state index in [1.54, 1.807) is 7.05 Å². The molecule has 0 bridgehead atoms. The van der Waals surface area contributed by atoms with Crippen LogP contribution in [0.2, 0.25) is 0 Å². The first kappa shape index (κ1) is 14.4. The fourth-order valence-corrected chi connectivity index (χ4v) is 1.86. The Hall–Kier alpha value is -1.96. The standard InChI is InChI=1S/C12H11F4N3O/c1-19-6-8(17-18-19)5-11(20)9-3-2-7(13)4-10(9)12(14,15)16/h2-4,6,11,20H,5H2,1H3. The van der Waals surface area contributed by atoms with Crippen molar-refractivity contribution in [3.8, 4) is 0 Å². The van der Waals surface area contributed by atoms with Gasteiger partial charge in [-0.25, -0.2) is 4.39 Å². The van der Waals surface area contributed by atoms with Crippen molar-refractivity contribution in [2.24, 2.45) is 7.05 Å². The second-order valence-corrected chi connectivity index (χ2v) is 4.33. The molecule has 0 saturated carbocycles. The molecule has 20 heavy (non-hydrogen) atoms. The van der Waals surface area contributed by atoms with Crippen molar-refractivity contribution >= 4 is 0 Å². The maximum atomic E-state index is 13.0. The van der Waals surface area contributed by atoms with Crippen molar-refractivity contribution in [1.29, 1.82) is 0 Å². The van der Waals surface area contributed by atoms with Crippen LogP contribution in [0.1, 0.15) is 22.9 Å². The molecule has 8 heteroatoms. The molecule has 0 aliphatic rings. The second kappa shape index (κ2) is 5.20. The Morgan fingerprint density at radius 3 is 2.60 bits per heavy atom. The van der Waals surface area contributed by atoms with E-state index < -0.39 is 23.7 Å². The Labute approximate surface area is 111 Å². The number of hydrogen-bond acceptors (Lipinski definition) is 3. The van der Waals surface area contributed by atoms with E-state index in [9.17, 15) is 22.7 Å². The highest BCUT2D eigenvalue weighted by atomic mass is 19.4. The van der Waals surface area contributed by atoms with E-state index >= 15 is 0 Å². The molecule has 1 aromatic heterocycles. The van der Waals surface area contributed by atoms with Gasteiger partial charge in [0.1, 0.15) is 5.82 Å². The van der Waals surface area contributed by atoms with Gasteiger partial charge < -0.3 is 5.11 Å². The van der Waals surface area contributed by atoms with Crippen LogP contribution in [0.5, 0.6) is 0 Å². The summed E-state index contributed by atoms with van der Waals surface area (Å²) in [6, 6.07) is 2.18. The number of benzene rings is 1. The lowest BCUT2D eigenvalue weighted by atomic mass is 9.98. The molecule has 0 amide bonds. The van der Waals surface area contributed by atoms with Gasteiger partial charge in [0.05, 0.1) is 17.4 Å². The van der Waals surface area contributed by atoms with Crippen LogP contribution < -0.4 is 0 Å². The quantitative estimate of drug-likeness (QED) is 0.882. The molecule has 0 spiro atoms. The Morgan fingerprint density at radius 1 is 1.35 bits per heavy atom. The lowest BCUT2D eigenvalue weighted by Crippen LogP contribution is -2.14. The highest BCUT2D eigenvalue weighted by Gasteiger charge is 2.35. The maximum Gasteiger partial charge on any atom is 0.416 e. The molecule has 0 aliphatic heterocycles. The summed E-state index contributed by atoms with van der Waals surface area (Å²) in [7, 11) is 1.60. The molecule has 0 aliphatic carbocycles. The van der Waals surface area contributed by atoms with Crippen molar-refractivity contribution in [2.75, 3.05) is 0 Å². The van der Waals surface area contributed by atoms with Gasteiger partial charge in [-0.2, -0.15) is 13.2 Å². The summed E-state index contributed by atoms with van der Waals surface area (Å²) in [6.07, 6.45) is -4.83. The number of hydrogen-bond donors (Lipinski definition) is 1. The summed E-state index contributed by atoms with van der Waals surface area (Å²) < 4.78 is 52.8. The van der Waals surface area contributed by atoms with Crippen LogP contribution >= 0.6 is 0 Å². The molecule has 108 valence electrons. The van der Waals surface area contributed by atoms with Gasteiger partial charge in [0.15, 0.2) is 0 Å². The molecule has 1 aromatic carbocycles. The number of nitrogens with zero attached hydrogens (tertiary/aromatic N) is 3. The third-order valence-electron chi connectivity index (χ3n) is 2.73. The number of rotatable bonds is 3. The summed E-state index contributed by atoms with van der Waals surface area (Å²) in [6.45, 7) is 0. The topological polar surface area (TPSA) is 50.9 Å². The van der Waals surface area contributed by atoms with E-state index in [4.69, 9.17) is 0 Å². The number of aryl methyl sites for hydroxylation is 1. The fourth-order valence-electron chi connectivity index (χ4n) is 1.86. The number of aromatic nitrogens is 3. The first-order chi connectivity index (χ1) is 9.27. The van der Waals surface area contributed by atoms with Crippen molar-refractivity contribution < 1.29 is 22.7 Å². The minimum Gasteiger partial charge on any atom is -0.388 e. The van der Waals surface area contributed by atoms with Crippen molar-refractivity contribution in [2.45, 2.75) is 18.7 Å². The second-order valence-electron chi connectivity index (χ2n) is 4.33.